The van der Waals surface area contributed by atoms with Gasteiger partial charge >= 0.3 is 5.97 Å². The number of halogens is 1. The number of carbonyl (C=O) groups is 3. The average molecular weight is 429 g/mol. The van der Waals surface area contributed by atoms with Crippen LogP contribution in [0.2, 0.25) is 0 Å². The van der Waals surface area contributed by atoms with Crippen molar-refractivity contribution in [2.75, 3.05) is 0 Å². The Balaban J connectivity index is 1.92. The normalized spacial score (nSPS) is 13.7. The Morgan fingerprint density at radius 2 is 1.52 bits per heavy atom. The molecular weight excluding hydrogens is 399 g/mol. The van der Waals surface area contributed by atoms with Crippen LogP contribution in [0, 0.1) is 11.7 Å². The third kappa shape index (κ3) is 7.51. The van der Waals surface area contributed by atoms with Gasteiger partial charge in [0.05, 0.1) is 12.5 Å². The van der Waals surface area contributed by atoms with E-state index in [4.69, 9.17) is 4.74 Å². The van der Waals surface area contributed by atoms with Crippen LogP contribution >= 0.6 is 0 Å². The van der Waals surface area contributed by atoms with Crippen molar-refractivity contribution in [2.45, 2.75) is 52.3 Å². The van der Waals surface area contributed by atoms with E-state index in [0.717, 1.165) is 11.1 Å². The van der Waals surface area contributed by atoms with Crippen LogP contribution in [0.1, 0.15) is 44.9 Å². The molecule has 7 heteroatoms. The number of hydrogen-bond acceptors (Lipinski definition) is 4. The molecule has 31 heavy (non-hydrogen) atoms. The lowest BCUT2D eigenvalue weighted by Crippen LogP contribution is -2.48. The maximum Gasteiger partial charge on any atom is 0.329 e. The highest BCUT2D eigenvalue weighted by Gasteiger charge is 2.29. The minimum absolute atomic E-state index is 0.141. The predicted molar refractivity (Wildman–Crippen MR) is 115 cm³/mol. The van der Waals surface area contributed by atoms with Crippen molar-refractivity contribution in [1.29, 1.82) is 0 Å². The van der Waals surface area contributed by atoms with Crippen LogP contribution in [-0.2, 0) is 25.5 Å². The highest BCUT2D eigenvalue weighted by Crippen LogP contribution is 2.14. The highest BCUT2D eigenvalue weighted by atomic mass is 19.1. The molecule has 0 fully saturated rings. The van der Waals surface area contributed by atoms with Crippen molar-refractivity contribution in [3.05, 3.63) is 71.5 Å². The molecule has 2 aromatic rings. The summed E-state index contributed by atoms with van der Waals surface area (Å²) in [4.78, 5) is 37.4. The minimum atomic E-state index is -1.05. The Bertz CT molecular complexity index is 884. The van der Waals surface area contributed by atoms with Gasteiger partial charge in [-0.3, -0.25) is 9.59 Å². The number of nitrogens with one attached hydrogen (secondary N) is 2. The lowest BCUT2D eigenvalue weighted by molar-refractivity contribution is -0.158. The Morgan fingerprint density at radius 3 is 2.10 bits per heavy atom. The lowest BCUT2D eigenvalue weighted by Gasteiger charge is -2.24. The van der Waals surface area contributed by atoms with E-state index in [0.29, 0.717) is 0 Å². The summed E-state index contributed by atoms with van der Waals surface area (Å²) in [5, 5.41) is 5.44. The quantitative estimate of drug-likeness (QED) is 0.600. The third-order valence-corrected chi connectivity index (χ3v) is 4.84. The number of benzene rings is 2. The van der Waals surface area contributed by atoms with Gasteiger partial charge in [0.25, 0.3) is 5.91 Å². The van der Waals surface area contributed by atoms with Gasteiger partial charge in [-0.1, -0.05) is 56.3 Å². The zero-order chi connectivity index (χ0) is 23.0. The molecule has 0 bridgehead atoms. The van der Waals surface area contributed by atoms with Gasteiger partial charge in [-0.15, -0.1) is 0 Å². The fourth-order valence-corrected chi connectivity index (χ4v) is 2.97. The monoisotopic (exact) mass is 428 g/mol. The Hall–Kier alpha value is -3.22. The van der Waals surface area contributed by atoms with Crippen LogP contribution in [0.4, 0.5) is 4.39 Å². The smallest absolute Gasteiger partial charge is 0.329 e. The zero-order valence-electron chi connectivity index (χ0n) is 18.2. The number of ether oxygens (including phenoxy) is 1. The molecule has 2 rings (SSSR count). The SMILES string of the molecule is CC(OC(=O)C(NC(=O)Cc1ccccc1)C(C)C)C(=O)NC(C)c1ccc(F)cc1. The van der Waals surface area contributed by atoms with Gasteiger partial charge in [0.2, 0.25) is 5.91 Å². The van der Waals surface area contributed by atoms with Crippen LogP contribution in [0.5, 0.6) is 0 Å². The fraction of sp³-hybridized carbons (Fsp3) is 0.375. The molecule has 0 spiro atoms. The van der Waals surface area contributed by atoms with Crippen LogP contribution in [-0.4, -0.2) is 29.9 Å². The number of hydrogen-bond donors (Lipinski definition) is 2. The van der Waals surface area contributed by atoms with Gasteiger partial charge < -0.3 is 15.4 Å². The van der Waals surface area contributed by atoms with Crippen molar-refractivity contribution in [3.63, 3.8) is 0 Å². The van der Waals surface area contributed by atoms with Crippen molar-refractivity contribution >= 4 is 17.8 Å². The summed E-state index contributed by atoms with van der Waals surface area (Å²) in [7, 11) is 0. The first-order valence-electron chi connectivity index (χ1n) is 10.3. The molecule has 0 radical (unpaired) electrons. The summed E-state index contributed by atoms with van der Waals surface area (Å²) < 4.78 is 18.4. The molecule has 0 aliphatic rings. The van der Waals surface area contributed by atoms with E-state index in [1.165, 1.54) is 19.1 Å². The Morgan fingerprint density at radius 1 is 0.903 bits per heavy atom. The van der Waals surface area contributed by atoms with E-state index in [1.54, 1.807) is 32.9 Å². The zero-order valence-corrected chi connectivity index (χ0v) is 18.2. The molecule has 166 valence electrons. The molecule has 3 atom stereocenters. The first kappa shape index (κ1) is 24.1. The summed E-state index contributed by atoms with van der Waals surface area (Å²) in [6, 6.07) is 13.7. The standard InChI is InChI=1S/C24H29FN2O4/c1-15(2)22(27-21(28)14-18-8-6-5-7-9-18)24(30)31-17(4)23(29)26-16(3)19-10-12-20(25)13-11-19/h5-13,15-17,22H,14H2,1-4H3,(H,26,29)(H,27,28). The molecule has 0 aromatic heterocycles. The summed E-state index contributed by atoms with van der Waals surface area (Å²) in [5.41, 5.74) is 1.56. The van der Waals surface area contributed by atoms with E-state index < -0.39 is 24.0 Å². The van der Waals surface area contributed by atoms with Crippen LogP contribution in [0.15, 0.2) is 54.6 Å². The van der Waals surface area contributed by atoms with Crippen LogP contribution in [0.25, 0.3) is 0 Å². The number of amides is 2. The molecule has 0 saturated heterocycles. The van der Waals surface area contributed by atoms with E-state index in [2.05, 4.69) is 10.6 Å². The second-order valence-corrected chi connectivity index (χ2v) is 7.81. The van der Waals surface area contributed by atoms with Crippen molar-refractivity contribution < 1.29 is 23.5 Å². The predicted octanol–water partition coefficient (Wildman–Crippen LogP) is 3.32. The molecule has 0 aliphatic carbocycles. The third-order valence-electron chi connectivity index (χ3n) is 4.84. The highest BCUT2D eigenvalue weighted by molar-refractivity contribution is 5.88. The first-order valence-corrected chi connectivity index (χ1v) is 10.3. The largest absolute Gasteiger partial charge is 0.451 e. The van der Waals surface area contributed by atoms with Gasteiger partial charge in [0.15, 0.2) is 6.10 Å². The second-order valence-electron chi connectivity index (χ2n) is 7.81. The van der Waals surface area contributed by atoms with Crippen LogP contribution < -0.4 is 10.6 Å². The topological polar surface area (TPSA) is 84.5 Å². The summed E-state index contributed by atoms with van der Waals surface area (Å²) in [5.74, 6) is -2.04. The number of carbonyl (C=O) groups excluding carboxylic acids is 3. The summed E-state index contributed by atoms with van der Waals surface area (Å²) >= 11 is 0. The van der Waals surface area contributed by atoms with E-state index in [9.17, 15) is 18.8 Å². The summed E-state index contributed by atoms with van der Waals surface area (Å²) in [6.07, 6.45) is -0.912. The molecule has 6 nitrogen and oxygen atoms in total. The maximum atomic E-state index is 13.1. The molecule has 3 unspecified atom stereocenters. The molecule has 2 N–H and O–H groups in total. The first-order chi connectivity index (χ1) is 14.7. The maximum absolute atomic E-state index is 13.1. The summed E-state index contributed by atoms with van der Waals surface area (Å²) in [6.45, 7) is 6.79. The molecule has 0 heterocycles. The second kappa shape index (κ2) is 11.2. The number of rotatable bonds is 9. The Kier molecular flexibility index (Phi) is 8.73. The average Bonchev–Trinajstić information content (AvgIpc) is 2.72. The van der Waals surface area contributed by atoms with Crippen molar-refractivity contribution in [2.24, 2.45) is 5.92 Å². The minimum Gasteiger partial charge on any atom is -0.451 e. The van der Waals surface area contributed by atoms with Crippen molar-refractivity contribution in [1.82, 2.24) is 10.6 Å². The molecule has 2 aromatic carbocycles. The fourth-order valence-electron chi connectivity index (χ4n) is 2.97. The van der Waals surface area contributed by atoms with Gasteiger partial charge in [-0.2, -0.15) is 0 Å². The Labute approximate surface area is 182 Å². The van der Waals surface area contributed by atoms with Gasteiger partial charge in [0, 0.05) is 0 Å². The molecule has 2 amide bonds. The molecule has 0 aliphatic heterocycles. The van der Waals surface area contributed by atoms with E-state index in [-0.39, 0.29) is 30.1 Å². The van der Waals surface area contributed by atoms with Gasteiger partial charge in [-0.05, 0) is 43.0 Å². The number of esters is 1. The molecule has 0 saturated carbocycles. The molecular formula is C24H29FN2O4. The van der Waals surface area contributed by atoms with Gasteiger partial charge in [-0.25, -0.2) is 9.18 Å². The van der Waals surface area contributed by atoms with Gasteiger partial charge in [0.1, 0.15) is 11.9 Å². The van der Waals surface area contributed by atoms with Crippen LogP contribution in [0.3, 0.4) is 0 Å². The van der Waals surface area contributed by atoms with E-state index in [1.807, 2.05) is 30.3 Å². The van der Waals surface area contributed by atoms with Crippen molar-refractivity contribution in [3.8, 4) is 0 Å². The van der Waals surface area contributed by atoms with E-state index >= 15 is 0 Å². The lowest BCUT2D eigenvalue weighted by atomic mass is 10.0.